The molecule has 8 nitrogen and oxygen atoms in total. The zero-order valence-corrected chi connectivity index (χ0v) is 21.3. The van der Waals surface area contributed by atoms with E-state index in [-0.39, 0.29) is 17.9 Å². The van der Waals surface area contributed by atoms with Gasteiger partial charge in [0.1, 0.15) is 21.4 Å². The predicted octanol–water partition coefficient (Wildman–Crippen LogP) is 4.42. The molecule has 1 saturated heterocycles. The maximum atomic E-state index is 11.8. The van der Waals surface area contributed by atoms with Gasteiger partial charge in [-0.05, 0) is 50.0 Å². The number of rotatable bonds is 7. The van der Waals surface area contributed by atoms with Gasteiger partial charge in [0.2, 0.25) is 5.91 Å². The second kappa shape index (κ2) is 10.0. The van der Waals surface area contributed by atoms with Crippen LogP contribution in [-0.4, -0.2) is 59.2 Å². The number of thiophene rings is 1. The number of aromatic nitrogens is 2. The number of carbonyl (C=O) groups excluding carboxylic acids is 1. The van der Waals surface area contributed by atoms with Gasteiger partial charge < -0.3 is 20.5 Å². The quantitative estimate of drug-likeness (QED) is 0.482. The number of anilines is 2. The van der Waals surface area contributed by atoms with E-state index in [1.54, 1.807) is 34.4 Å². The second-order valence-electron chi connectivity index (χ2n) is 9.72. The molecule has 0 radical (unpaired) electrons. The molecule has 6 rings (SSSR count). The van der Waals surface area contributed by atoms with E-state index in [1.165, 1.54) is 10.4 Å². The number of nitrogens with one attached hydrogen (secondary N) is 1. The smallest absolute Gasteiger partial charge is 0.218 e. The molecule has 1 amide bonds. The molecule has 1 atom stereocenters. The summed E-state index contributed by atoms with van der Waals surface area (Å²) in [6.45, 7) is 3.76. The molecule has 0 aromatic carbocycles. The average Bonchev–Trinajstić information content (AvgIpc) is 3.58. The SMILES string of the molecule is NC(=O)C[C@H]1CCc2sc3nc(Nc4cncs4)cc(O[C@H]4CC[C@H](N5CCOCC5)CC4)c3c21. The zero-order valence-electron chi connectivity index (χ0n) is 19.7. The van der Waals surface area contributed by atoms with Gasteiger partial charge >= 0.3 is 0 Å². The first-order valence-electron chi connectivity index (χ1n) is 12.5. The van der Waals surface area contributed by atoms with Crippen LogP contribution in [0.25, 0.3) is 10.2 Å². The zero-order chi connectivity index (χ0) is 23.8. The molecule has 4 heterocycles. The van der Waals surface area contributed by atoms with Gasteiger partial charge in [0.15, 0.2) is 0 Å². The summed E-state index contributed by atoms with van der Waals surface area (Å²) in [6.07, 6.45) is 8.68. The van der Waals surface area contributed by atoms with Crippen molar-refractivity contribution < 1.29 is 14.3 Å². The Kier molecular flexibility index (Phi) is 6.62. The largest absolute Gasteiger partial charge is 0.490 e. The number of morpholine rings is 1. The van der Waals surface area contributed by atoms with Crippen molar-refractivity contribution in [1.29, 1.82) is 0 Å². The van der Waals surface area contributed by atoms with Crippen LogP contribution in [0.15, 0.2) is 17.8 Å². The van der Waals surface area contributed by atoms with Crippen molar-refractivity contribution in [2.24, 2.45) is 5.73 Å². The highest BCUT2D eigenvalue weighted by Gasteiger charge is 2.33. The van der Waals surface area contributed by atoms with Crippen LogP contribution in [-0.2, 0) is 16.0 Å². The molecule has 1 aliphatic heterocycles. The van der Waals surface area contributed by atoms with Gasteiger partial charge in [0.05, 0.1) is 36.4 Å². The molecule has 10 heteroatoms. The number of nitrogens with zero attached hydrogens (tertiary/aromatic N) is 3. The Hall–Kier alpha value is -2.27. The van der Waals surface area contributed by atoms with Gasteiger partial charge in [-0.15, -0.1) is 22.7 Å². The van der Waals surface area contributed by atoms with Crippen molar-refractivity contribution >= 4 is 49.6 Å². The lowest BCUT2D eigenvalue weighted by Crippen LogP contribution is -2.46. The Balaban J connectivity index is 1.28. The van der Waals surface area contributed by atoms with Crippen molar-refractivity contribution in [2.75, 3.05) is 31.6 Å². The van der Waals surface area contributed by atoms with Gasteiger partial charge in [-0.2, -0.15) is 0 Å². The Morgan fingerprint density at radius 3 is 2.80 bits per heavy atom. The molecule has 0 bridgehead atoms. The highest BCUT2D eigenvalue weighted by Crippen LogP contribution is 2.49. The number of thiazole rings is 1. The van der Waals surface area contributed by atoms with E-state index in [2.05, 4.69) is 15.2 Å². The van der Waals surface area contributed by atoms with Crippen LogP contribution in [0.5, 0.6) is 5.75 Å². The maximum Gasteiger partial charge on any atom is 0.218 e. The topological polar surface area (TPSA) is 103 Å². The van der Waals surface area contributed by atoms with E-state index in [0.29, 0.717) is 12.5 Å². The van der Waals surface area contributed by atoms with Crippen molar-refractivity contribution in [2.45, 2.75) is 63.0 Å². The fourth-order valence-corrected chi connectivity index (χ4v) is 7.67. The van der Waals surface area contributed by atoms with Crippen molar-refractivity contribution in [3.8, 4) is 5.75 Å². The van der Waals surface area contributed by atoms with E-state index in [4.69, 9.17) is 20.2 Å². The summed E-state index contributed by atoms with van der Waals surface area (Å²) in [5, 5.41) is 5.42. The normalized spacial score (nSPS) is 25.0. The summed E-state index contributed by atoms with van der Waals surface area (Å²) in [4.78, 5) is 25.7. The monoisotopic (exact) mass is 513 g/mol. The predicted molar refractivity (Wildman–Crippen MR) is 139 cm³/mol. The van der Waals surface area contributed by atoms with Crippen LogP contribution >= 0.6 is 22.7 Å². The third kappa shape index (κ3) is 4.89. The molecule has 3 N–H and O–H groups in total. The molecule has 186 valence electrons. The number of pyridine rings is 1. The fraction of sp³-hybridized carbons (Fsp3) is 0.560. The number of nitrogens with two attached hydrogens (primary N) is 1. The highest BCUT2D eigenvalue weighted by atomic mass is 32.1. The van der Waals surface area contributed by atoms with E-state index in [0.717, 1.165) is 91.6 Å². The van der Waals surface area contributed by atoms with Crippen molar-refractivity contribution in [3.05, 3.63) is 28.2 Å². The van der Waals surface area contributed by atoms with Gasteiger partial charge in [0.25, 0.3) is 0 Å². The third-order valence-electron chi connectivity index (χ3n) is 7.50. The maximum absolute atomic E-state index is 11.8. The summed E-state index contributed by atoms with van der Waals surface area (Å²) >= 11 is 3.27. The summed E-state index contributed by atoms with van der Waals surface area (Å²) in [5.74, 6) is 1.55. The molecular formula is C25H31N5O3S2. The Morgan fingerprint density at radius 1 is 1.23 bits per heavy atom. The third-order valence-corrected chi connectivity index (χ3v) is 9.35. The first-order valence-corrected chi connectivity index (χ1v) is 14.2. The number of hydrogen-bond donors (Lipinski definition) is 2. The minimum absolute atomic E-state index is 0.151. The number of hydrogen-bond acceptors (Lipinski definition) is 9. The minimum atomic E-state index is -0.248. The van der Waals surface area contributed by atoms with Crippen LogP contribution in [0.4, 0.5) is 10.8 Å². The molecule has 35 heavy (non-hydrogen) atoms. The van der Waals surface area contributed by atoms with E-state index in [1.807, 2.05) is 6.07 Å². The van der Waals surface area contributed by atoms with E-state index in [9.17, 15) is 4.79 Å². The summed E-state index contributed by atoms with van der Waals surface area (Å²) in [5.41, 5.74) is 8.63. The van der Waals surface area contributed by atoms with Crippen LogP contribution in [0, 0.1) is 0 Å². The summed E-state index contributed by atoms with van der Waals surface area (Å²) in [7, 11) is 0. The summed E-state index contributed by atoms with van der Waals surface area (Å²) < 4.78 is 12.3. The first kappa shape index (κ1) is 23.1. The van der Waals surface area contributed by atoms with Crippen molar-refractivity contribution in [1.82, 2.24) is 14.9 Å². The Bertz CT molecular complexity index is 1180. The second-order valence-corrected chi connectivity index (χ2v) is 11.7. The van der Waals surface area contributed by atoms with Crippen molar-refractivity contribution in [3.63, 3.8) is 0 Å². The number of carbonyl (C=O) groups is 1. The lowest BCUT2D eigenvalue weighted by molar-refractivity contribution is -0.118. The molecule has 2 aliphatic carbocycles. The fourth-order valence-electron chi connectivity index (χ4n) is 5.86. The summed E-state index contributed by atoms with van der Waals surface area (Å²) in [6, 6.07) is 2.66. The van der Waals surface area contributed by atoms with E-state index < -0.39 is 0 Å². The Morgan fingerprint density at radius 2 is 2.06 bits per heavy atom. The molecule has 0 unspecified atom stereocenters. The number of fused-ring (bicyclic) bond motifs is 3. The lowest BCUT2D eigenvalue weighted by Gasteiger charge is -2.38. The van der Waals surface area contributed by atoms with Gasteiger partial charge in [0, 0.05) is 36.5 Å². The molecule has 0 spiro atoms. The minimum Gasteiger partial charge on any atom is -0.490 e. The molecular weight excluding hydrogens is 482 g/mol. The molecule has 1 saturated carbocycles. The molecule has 3 aromatic rings. The van der Waals surface area contributed by atoms with Crippen LogP contribution in [0.3, 0.4) is 0 Å². The molecule has 2 fully saturated rings. The number of amides is 1. The lowest BCUT2D eigenvalue weighted by atomic mass is 9.91. The Labute approximate surface area is 212 Å². The number of aryl methyl sites for hydroxylation is 1. The molecule has 3 aliphatic rings. The van der Waals surface area contributed by atoms with Crippen LogP contribution in [0.1, 0.15) is 54.9 Å². The van der Waals surface area contributed by atoms with Gasteiger partial charge in [-0.25, -0.2) is 4.98 Å². The van der Waals surface area contributed by atoms with Gasteiger partial charge in [-0.3, -0.25) is 14.7 Å². The standard InChI is InChI=1S/C25H31N5O3S2/c26-20(31)11-15-1-6-19-23(15)24-18(12-21(29-25(24)35-19)28-22-13-27-14-34-22)33-17-4-2-16(3-5-17)30-7-9-32-10-8-30/h12-17H,1-11H2,(H2,26,31)(H,28,29)/t15-,16-,17-/m1/s1. The number of ether oxygens (including phenoxy) is 2. The van der Waals surface area contributed by atoms with Crippen LogP contribution in [0.2, 0.25) is 0 Å². The highest BCUT2D eigenvalue weighted by molar-refractivity contribution is 7.19. The number of primary amides is 1. The van der Waals surface area contributed by atoms with Gasteiger partial charge in [-0.1, -0.05) is 0 Å². The average molecular weight is 514 g/mol. The first-order chi connectivity index (χ1) is 17.1. The van der Waals surface area contributed by atoms with E-state index >= 15 is 0 Å². The molecule has 3 aromatic heterocycles. The van der Waals surface area contributed by atoms with Crippen LogP contribution < -0.4 is 15.8 Å².